The van der Waals surface area contributed by atoms with E-state index in [-0.39, 0.29) is 30.9 Å². The van der Waals surface area contributed by atoms with Gasteiger partial charge in [-0.25, -0.2) is 14.2 Å². The van der Waals surface area contributed by atoms with Crippen molar-refractivity contribution >= 4 is 17.5 Å². The molecular weight excluding hydrogens is 523 g/mol. The number of alkyl halides is 6. The first-order valence-electron chi connectivity index (χ1n) is 12.8. The predicted molar refractivity (Wildman–Crippen MR) is 121 cm³/mol. The highest BCUT2D eigenvalue weighted by atomic mass is 19.4. The third-order valence-electron chi connectivity index (χ3n) is 6.70. The van der Waals surface area contributed by atoms with Crippen molar-refractivity contribution in [2.45, 2.75) is 18.4 Å². The summed E-state index contributed by atoms with van der Waals surface area (Å²) in [6, 6.07) is 5.08. The Morgan fingerprint density at radius 3 is 2.32 bits per heavy atom. The van der Waals surface area contributed by atoms with Gasteiger partial charge in [0.05, 0.1) is 6.04 Å². The zero-order valence-corrected chi connectivity index (χ0v) is 19.4. The van der Waals surface area contributed by atoms with Crippen LogP contribution in [0.5, 0.6) is 0 Å². The molecule has 1 spiro atoms. The van der Waals surface area contributed by atoms with Gasteiger partial charge in [0.25, 0.3) is 0 Å². The van der Waals surface area contributed by atoms with Crippen LogP contribution in [0.4, 0.5) is 41.3 Å². The standard InChI is InChI=1S/C23H22F7N7O/c1-31-20(38)36-11-21(12-36)9-35(10-21)15(13-2-4-14(24)5-3-13)8-32-18-6-16(22(25,26)27)33-19-7-17(23(28,29)30)34-37(18)19/h2-7,15,32H,8-12H2,1H3,(H,31,38)/i1D3. The molecule has 1 aromatic carbocycles. The molecule has 2 aliphatic heterocycles. The molecule has 8 nitrogen and oxygen atoms in total. The number of hydrogen-bond acceptors (Lipinski definition) is 5. The van der Waals surface area contributed by atoms with Crippen LogP contribution >= 0.6 is 0 Å². The largest absolute Gasteiger partial charge is 0.435 e. The SMILES string of the molecule is [2H]C([2H])([2H])NC(=O)N1CC2(C1)CN(C(CNc1cc(C(F)(F)F)nc3cc(C(F)(F)F)nn13)c1ccc(F)cc1)C2. The molecule has 3 aromatic rings. The fourth-order valence-corrected chi connectivity index (χ4v) is 4.95. The van der Waals surface area contributed by atoms with Gasteiger partial charge in [-0.15, -0.1) is 0 Å². The topological polar surface area (TPSA) is 77.8 Å². The summed E-state index contributed by atoms with van der Waals surface area (Å²) in [5, 5.41) is 8.08. The molecule has 38 heavy (non-hydrogen) atoms. The van der Waals surface area contributed by atoms with Gasteiger partial charge in [-0.3, -0.25) is 4.90 Å². The smallest absolute Gasteiger partial charge is 0.368 e. The Bertz CT molecular complexity index is 1440. The second-order valence-corrected chi connectivity index (χ2v) is 9.46. The quantitative estimate of drug-likeness (QED) is 0.472. The molecule has 2 amide bonds. The first-order chi connectivity index (χ1) is 18.9. The highest BCUT2D eigenvalue weighted by molar-refractivity contribution is 5.75. The van der Waals surface area contributed by atoms with Crippen molar-refractivity contribution in [1.29, 1.82) is 0 Å². The minimum atomic E-state index is -4.94. The number of aromatic nitrogens is 3. The number of fused-ring (bicyclic) bond motifs is 1. The first-order valence-corrected chi connectivity index (χ1v) is 11.3. The number of hydrogen-bond donors (Lipinski definition) is 2. The molecule has 0 saturated carbocycles. The zero-order valence-electron chi connectivity index (χ0n) is 22.4. The van der Waals surface area contributed by atoms with Gasteiger partial charge in [-0.2, -0.15) is 36.0 Å². The second kappa shape index (κ2) is 8.99. The number of rotatable bonds is 5. The molecule has 5 rings (SSSR count). The summed E-state index contributed by atoms with van der Waals surface area (Å²) in [7, 11) is 0. The molecule has 0 radical (unpaired) electrons. The third kappa shape index (κ3) is 4.81. The average Bonchev–Trinajstić information content (AvgIpc) is 3.23. The number of carbonyl (C=O) groups excluding carboxylic acids is 1. The maximum absolute atomic E-state index is 13.6. The van der Waals surface area contributed by atoms with E-state index in [2.05, 4.69) is 15.4 Å². The summed E-state index contributed by atoms with van der Waals surface area (Å²) in [5.41, 5.74) is -3.22. The first kappa shape index (κ1) is 22.4. The van der Waals surface area contributed by atoms with Crippen LogP contribution in [0.3, 0.4) is 0 Å². The van der Waals surface area contributed by atoms with Gasteiger partial charge in [0, 0.05) is 61.4 Å². The number of halogens is 7. The Morgan fingerprint density at radius 2 is 1.71 bits per heavy atom. The fraction of sp³-hybridized carbons (Fsp3) is 0.435. The molecule has 2 aliphatic rings. The Labute approximate surface area is 215 Å². The lowest BCUT2D eigenvalue weighted by atomic mass is 9.72. The van der Waals surface area contributed by atoms with Crippen LogP contribution in [0.1, 0.15) is 27.1 Å². The highest BCUT2D eigenvalue weighted by Crippen LogP contribution is 2.43. The molecule has 4 heterocycles. The molecule has 1 unspecified atom stereocenters. The van der Waals surface area contributed by atoms with E-state index in [9.17, 15) is 35.5 Å². The molecule has 0 bridgehead atoms. The van der Waals surface area contributed by atoms with Crippen LogP contribution in [-0.4, -0.2) is 70.1 Å². The van der Waals surface area contributed by atoms with E-state index in [1.54, 1.807) is 0 Å². The summed E-state index contributed by atoms with van der Waals surface area (Å²) >= 11 is 0. The van der Waals surface area contributed by atoms with Gasteiger partial charge in [0.1, 0.15) is 11.6 Å². The van der Waals surface area contributed by atoms with Crippen molar-refractivity contribution in [2.75, 3.05) is 45.0 Å². The number of nitrogens with one attached hydrogen (secondary N) is 2. The van der Waals surface area contributed by atoms with Crippen LogP contribution < -0.4 is 10.6 Å². The van der Waals surface area contributed by atoms with E-state index >= 15 is 0 Å². The Hall–Kier alpha value is -3.62. The predicted octanol–water partition coefficient (Wildman–Crippen LogP) is 4.02. The lowest BCUT2D eigenvalue weighted by Gasteiger charge is -2.61. The van der Waals surface area contributed by atoms with Gasteiger partial charge in [-0.05, 0) is 17.7 Å². The van der Waals surface area contributed by atoms with Crippen molar-refractivity contribution in [3.8, 4) is 0 Å². The number of benzene rings is 1. The maximum Gasteiger partial charge on any atom is 0.435 e. The van der Waals surface area contributed by atoms with Gasteiger partial charge < -0.3 is 15.5 Å². The van der Waals surface area contributed by atoms with E-state index in [0.29, 0.717) is 35.3 Å². The number of urea groups is 1. The summed E-state index contributed by atoms with van der Waals surface area (Å²) in [6.45, 7) is -1.32. The average molecular weight is 548 g/mol. The van der Waals surface area contributed by atoms with E-state index in [1.165, 1.54) is 29.2 Å². The molecule has 0 aliphatic carbocycles. The van der Waals surface area contributed by atoms with Crippen LogP contribution in [0.25, 0.3) is 5.65 Å². The number of carbonyl (C=O) groups is 1. The number of amides is 2. The zero-order chi connectivity index (χ0) is 30.0. The number of likely N-dealkylation sites (tertiary alicyclic amines) is 2. The van der Waals surface area contributed by atoms with Gasteiger partial charge in [0.2, 0.25) is 0 Å². The molecule has 204 valence electrons. The molecule has 15 heteroatoms. The second-order valence-electron chi connectivity index (χ2n) is 9.46. The van der Waals surface area contributed by atoms with Crippen molar-refractivity contribution in [2.24, 2.45) is 5.41 Å². The third-order valence-corrected chi connectivity index (χ3v) is 6.70. The minimum absolute atomic E-state index is 0.0947. The molecular formula is C23H22F7N7O. The Morgan fingerprint density at radius 1 is 1.05 bits per heavy atom. The van der Waals surface area contributed by atoms with Crippen LogP contribution in [0, 0.1) is 11.2 Å². The van der Waals surface area contributed by atoms with Crippen LogP contribution in [0.2, 0.25) is 0 Å². The maximum atomic E-state index is 13.6. The van der Waals surface area contributed by atoms with Gasteiger partial charge in [-0.1, -0.05) is 12.1 Å². The molecule has 2 N–H and O–H groups in total. The summed E-state index contributed by atoms with van der Waals surface area (Å²) in [6.07, 6.45) is -9.86. The fourth-order valence-electron chi connectivity index (χ4n) is 4.95. The lowest BCUT2D eigenvalue weighted by Crippen LogP contribution is -2.74. The summed E-state index contributed by atoms with van der Waals surface area (Å²) in [5.74, 6) is -0.895. The Balaban J connectivity index is 1.36. The molecule has 2 saturated heterocycles. The van der Waals surface area contributed by atoms with Crippen LogP contribution in [-0.2, 0) is 12.4 Å². The van der Waals surface area contributed by atoms with Crippen molar-refractivity contribution in [3.05, 3.63) is 59.2 Å². The van der Waals surface area contributed by atoms with Gasteiger partial charge >= 0.3 is 18.4 Å². The molecule has 2 aromatic heterocycles. The lowest BCUT2D eigenvalue weighted by molar-refractivity contribution is -0.142. The highest BCUT2D eigenvalue weighted by Gasteiger charge is 2.54. The van der Waals surface area contributed by atoms with Gasteiger partial charge in [0.15, 0.2) is 17.0 Å². The monoisotopic (exact) mass is 548 g/mol. The minimum Gasteiger partial charge on any atom is -0.368 e. The Kier molecular flexibility index (Phi) is 5.29. The van der Waals surface area contributed by atoms with Crippen molar-refractivity contribution in [1.82, 2.24) is 29.7 Å². The van der Waals surface area contributed by atoms with E-state index in [1.807, 2.05) is 10.2 Å². The number of nitrogens with zero attached hydrogens (tertiary/aromatic N) is 5. The summed E-state index contributed by atoms with van der Waals surface area (Å²) in [4.78, 5) is 18.7. The summed E-state index contributed by atoms with van der Waals surface area (Å²) < 4.78 is 116. The van der Waals surface area contributed by atoms with E-state index in [4.69, 9.17) is 4.11 Å². The normalized spacial score (nSPS) is 19.8. The van der Waals surface area contributed by atoms with Crippen LogP contribution in [0.15, 0.2) is 36.4 Å². The van der Waals surface area contributed by atoms with Crippen molar-refractivity contribution < 1.29 is 39.6 Å². The van der Waals surface area contributed by atoms with E-state index in [0.717, 1.165) is 0 Å². The van der Waals surface area contributed by atoms with E-state index < -0.39 is 54.3 Å². The van der Waals surface area contributed by atoms with Crippen molar-refractivity contribution in [3.63, 3.8) is 0 Å². The molecule has 2 fully saturated rings. The number of anilines is 1. The molecule has 1 atom stereocenters.